The fraction of sp³-hybridized carbons (Fsp3) is 1.00. The summed E-state index contributed by atoms with van der Waals surface area (Å²) in [6, 6.07) is 0.659. The van der Waals surface area contributed by atoms with Crippen LogP contribution in [0, 0.1) is 0 Å². The first kappa shape index (κ1) is 14.3. The zero-order valence-corrected chi connectivity index (χ0v) is 11.9. The number of hydrogen-bond acceptors (Lipinski definition) is 4. The summed E-state index contributed by atoms with van der Waals surface area (Å²) in [4.78, 5) is 4.94. The van der Waals surface area contributed by atoms with E-state index in [0.29, 0.717) is 11.6 Å². The van der Waals surface area contributed by atoms with E-state index in [2.05, 4.69) is 23.8 Å². The summed E-state index contributed by atoms with van der Waals surface area (Å²) in [5.74, 6) is 0. The minimum Gasteiger partial charge on any atom is -0.395 e. The molecule has 106 valence electrons. The number of ether oxygens (including phenoxy) is 1. The SMILES string of the molecule is CN(CCO)C1CCC(C)(N2CCOCC2)CC1. The molecule has 0 aromatic heterocycles. The molecule has 1 aliphatic carbocycles. The lowest BCUT2D eigenvalue weighted by molar-refractivity contribution is -0.0382. The minimum absolute atomic E-state index is 0.272. The van der Waals surface area contributed by atoms with Crippen molar-refractivity contribution >= 4 is 0 Å². The number of aliphatic hydroxyl groups excluding tert-OH is 1. The van der Waals surface area contributed by atoms with Crippen molar-refractivity contribution in [2.24, 2.45) is 0 Å². The normalized spacial score (nSPS) is 35.0. The summed E-state index contributed by atoms with van der Waals surface area (Å²) in [5, 5.41) is 9.01. The van der Waals surface area contributed by atoms with Gasteiger partial charge in [-0.05, 0) is 39.7 Å². The second-order valence-corrected chi connectivity index (χ2v) is 6.03. The lowest BCUT2D eigenvalue weighted by atomic mass is 9.79. The van der Waals surface area contributed by atoms with Gasteiger partial charge in [-0.3, -0.25) is 4.90 Å². The maximum Gasteiger partial charge on any atom is 0.0594 e. The number of hydrogen-bond donors (Lipinski definition) is 1. The molecule has 1 aliphatic heterocycles. The van der Waals surface area contributed by atoms with Gasteiger partial charge >= 0.3 is 0 Å². The first-order valence-corrected chi connectivity index (χ1v) is 7.29. The molecular formula is C14H28N2O2. The summed E-state index contributed by atoms with van der Waals surface area (Å²) in [6.45, 7) is 7.46. The van der Waals surface area contributed by atoms with Crippen LogP contribution in [-0.2, 0) is 4.74 Å². The van der Waals surface area contributed by atoms with Crippen molar-refractivity contribution in [1.82, 2.24) is 9.80 Å². The number of aliphatic hydroxyl groups is 1. The molecule has 0 bridgehead atoms. The van der Waals surface area contributed by atoms with Crippen molar-refractivity contribution in [3.05, 3.63) is 0 Å². The molecule has 1 N–H and O–H groups in total. The molecule has 1 saturated carbocycles. The summed E-state index contributed by atoms with van der Waals surface area (Å²) in [7, 11) is 2.14. The number of nitrogens with zero attached hydrogens (tertiary/aromatic N) is 2. The van der Waals surface area contributed by atoms with Crippen molar-refractivity contribution in [3.63, 3.8) is 0 Å². The van der Waals surface area contributed by atoms with Gasteiger partial charge in [0.25, 0.3) is 0 Å². The largest absolute Gasteiger partial charge is 0.395 e. The summed E-state index contributed by atoms with van der Waals surface area (Å²) >= 11 is 0. The first-order valence-electron chi connectivity index (χ1n) is 7.29. The fourth-order valence-electron chi connectivity index (χ4n) is 3.42. The van der Waals surface area contributed by atoms with Crippen molar-refractivity contribution in [1.29, 1.82) is 0 Å². The highest BCUT2D eigenvalue weighted by molar-refractivity contribution is 4.94. The third kappa shape index (κ3) is 3.23. The molecule has 0 aromatic rings. The Labute approximate surface area is 111 Å². The lowest BCUT2D eigenvalue weighted by Gasteiger charge is -2.48. The third-order valence-corrected chi connectivity index (χ3v) is 4.88. The van der Waals surface area contributed by atoms with Gasteiger partial charge in [0.2, 0.25) is 0 Å². The molecule has 2 rings (SSSR count). The topological polar surface area (TPSA) is 35.9 Å². The Kier molecular flexibility index (Phi) is 5.01. The van der Waals surface area contributed by atoms with Gasteiger partial charge in [0.15, 0.2) is 0 Å². The standard InChI is InChI=1S/C14H28N2O2/c1-14(16-8-11-18-12-9-16)5-3-13(4-6-14)15(2)7-10-17/h13,17H,3-12H2,1-2H3. The summed E-state index contributed by atoms with van der Waals surface area (Å²) in [6.07, 6.45) is 5.05. The maximum atomic E-state index is 9.01. The summed E-state index contributed by atoms with van der Waals surface area (Å²) < 4.78 is 5.45. The van der Waals surface area contributed by atoms with Crippen molar-refractivity contribution < 1.29 is 9.84 Å². The van der Waals surface area contributed by atoms with E-state index >= 15 is 0 Å². The zero-order chi connectivity index (χ0) is 13.0. The predicted molar refractivity (Wildman–Crippen MR) is 72.8 cm³/mol. The average Bonchev–Trinajstić information content (AvgIpc) is 2.41. The average molecular weight is 256 g/mol. The first-order chi connectivity index (χ1) is 8.65. The van der Waals surface area contributed by atoms with Gasteiger partial charge in [0.05, 0.1) is 19.8 Å². The highest BCUT2D eigenvalue weighted by atomic mass is 16.5. The van der Waals surface area contributed by atoms with E-state index < -0.39 is 0 Å². The van der Waals surface area contributed by atoms with Gasteiger partial charge in [0, 0.05) is 31.2 Å². The van der Waals surface area contributed by atoms with E-state index in [4.69, 9.17) is 9.84 Å². The van der Waals surface area contributed by atoms with Crippen molar-refractivity contribution in [2.75, 3.05) is 46.5 Å². The smallest absolute Gasteiger partial charge is 0.0594 e. The highest BCUT2D eigenvalue weighted by Crippen LogP contribution is 2.35. The molecular weight excluding hydrogens is 228 g/mol. The molecule has 0 atom stereocenters. The molecule has 0 spiro atoms. The van der Waals surface area contributed by atoms with E-state index in [0.717, 1.165) is 32.8 Å². The predicted octanol–water partition coefficient (Wildman–Crippen LogP) is 0.944. The van der Waals surface area contributed by atoms with Crippen LogP contribution in [0.4, 0.5) is 0 Å². The molecule has 0 unspecified atom stereocenters. The molecule has 0 radical (unpaired) electrons. The molecule has 1 heterocycles. The van der Waals surface area contributed by atoms with Crippen molar-refractivity contribution in [2.45, 2.75) is 44.2 Å². The maximum absolute atomic E-state index is 9.01. The zero-order valence-electron chi connectivity index (χ0n) is 11.9. The Morgan fingerprint density at radius 2 is 1.89 bits per heavy atom. The highest BCUT2D eigenvalue weighted by Gasteiger charge is 2.37. The minimum atomic E-state index is 0.272. The molecule has 0 amide bonds. The Morgan fingerprint density at radius 1 is 1.28 bits per heavy atom. The van der Waals surface area contributed by atoms with Gasteiger partial charge in [-0.15, -0.1) is 0 Å². The number of rotatable bonds is 4. The molecule has 4 nitrogen and oxygen atoms in total. The van der Waals surface area contributed by atoms with Gasteiger partial charge in [0.1, 0.15) is 0 Å². The van der Waals surface area contributed by atoms with Crippen LogP contribution >= 0.6 is 0 Å². The second kappa shape index (κ2) is 6.33. The molecule has 0 aromatic carbocycles. The van der Waals surface area contributed by atoms with Crippen LogP contribution in [0.1, 0.15) is 32.6 Å². The van der Waals surface area contributed by atoms with E-state index in [9.17, 15) is 0 Å². The molecule has 1 saturated heterocycles. The van der Waals surface area contributed by atoms with Crippen LogP contribution in [-0.4, -0.2) is 73.0 Å². The Hall–Kier alpha value is -0.160. The molecule has 18 heavy (non-hydrogen) atoms. The second-order valence-electron chi connectivity index (χ2n) is 6.03. The molecule has 4 heteroatoms. The van der Waals surface area contributed by atoms with Crippen LogP contribution in [0.3, 0.4) is 0 Å². The van der Waals surface area contributed by atoms with E-state index in [1.54, 1.807) is 0 Å². The monoisotopic (exact) mass is 256 g/mol. The van der Waals surface area contributed by atoms with Crippen LogP contribution in [0.5, 0.6) is 0 Å². The van der Waals surface area contributed by atoms with Gasteiger partial charge in [-0.25, -0.2) is 0 Å². The quantitative estimate of drug-likeness (QED) is 0.812. The number of morpholine rings is 1. The van der Waals surface area contributed by atoms with Crippen LogP contribution in [0.2, 0.25) is 0 Å². The number of likely N-dealkylation sites (N-methyl/N-ethyl adjacent to an activating group) is 1. The third-order valence-electron chi connectivity index (χ3n) is 4.88. The Morgan fingerprint density at radius 3 is 2.44 bits per heavy atom. The van der Waals surface area contributed by atoms with Crippen LogP contribution < -0.4 is 0 Å². The van der Waals surface area contributed by atoms with Crippen LogP contribution in [0.25, 0.3) is 0 Å². The molecule has 2 aliphatic rings. The van der Waals surface area contributed by atoms with Crippen LogP contribution in [0.15, 0.2) is 0 Å². The molecule has 2 fully saturated rings. The fourth-order valence-corrected chi connectivity index (χ4v) is 3.42. The van der Waals surface area contributed by atoms with E-state index in [-0.39, 0.29) is 6.61 Å². The van der Waals surface area contributed by atoms with Crippen molar-refractivity contribution in [3.8, 4) is 0 Å². The van der Waals surface area contributed by atoms with Gasteiger partial charge < -0.3 is 14.7 Å². The Balaban J connectivity index is 1.84. The van der Waals surface area contributed by atoms with E-state index in [1.807, 2.05) is 0 Å². The summed E-state index contributed by atoms with van der Waals surface area (Å²) in [5.41, 5.74) is 0.375. The van der Waals surface area contributed by atoms with Gasteiger partial charge in [-0.2, -0.15) is 0 Å². The van der Waals surface area contributed by atoms with Gasteiger partial charge in [-0.1, -0.05) is 0 Å². The van der Waals surface area contributed by atoms with E-state index in [1.165, 1.54) is 25.7 Å². The lowest BCUT2D eigenvalue weighted by Crippen LogP contribution is -2.55. The Bertz CT molecular complexity index is 246.